The second-order valence-corrected chi connectivity index (χ2v) is 6.27. The first-order valence-corrected chi connectivity index (χ1v) is 7.84. The third-order valence-electron chi connectivity index (χ3n) is 3.20. The maximum atomic E-state index is 12.4. The summed E-state index contributed by atoms with van der Waals surface area (Å²) in [4.78, 5) is 25.3. The first-order chi connectivity index (χ1) is 10.5. The van der Waals surface area contributed by atoms with Gasteiger partial charge in [0, 0.05) is 0 Å². The topological polar surface area (TPSA) is 66.8 Å². The molecule has 1 aliphatic rings. The number of methoxy groups -OCH3 is 1. The van der Waals surface area contributed by atoms with Crippen LogP contribution in [0.3, 0.4) is 0 Å². The first kappa shape index (κ1) is 16.5. The molecule has 116 valence electrons. The molecule has 1 unspecified atom stereocenters. The molecule has 1 heterocycles. The smallest absolute Gasteiger partial charge is 0.326 e. The van der Waals surface area contributed by atoms with Crippen molar-refractivity contribution in [2.24, 2.45) is 0 Å². The maximum Gasteiger partial charge on any atom is 0.326 e. The Morgan fingerprint density at radius 2 is 2.27 bits per heavy atom. The number of rotatable bonds is 5. The molecule has 0 bridgehead atoms. The van der Waals surface area contributed by atoms with Crippen molar-refractivity contribution in [2.45, 2.75) is 19.4 Å². The van der Waals surface area contributed by atoms with Gasteiger partial charge in [-0.3, -0.25) is 9.69 Å². The number of amides is 1. The van der Waals surface area contributed by atoms with Crippen LogP contribution in [0.1, 0.15) is 18.9 Å². The second-order valence-electron chi connectivity index (χ2n) is 4.59. The molecular weight excluding hydrogens is 322 g/mol. The molecule has 1 aromatic rings. The number of carbonyl (C=O) groups excluding carboxylic acids is 1. The van der Waals surface area contributed by atoms with E-state index < -0.39 is 12.0 Å². The summed E-state index contributed by atoms with van der Waals surface area (Å²) in [7, 11) is 1.57. The Labute approximate surface area is 137 Å². The minimum absolute atomic E-state index is 0.272. The fourth-order valence-corrected chi connectivity index (χ4v) is 3.46. The highest BCUT2D eigenvalue weighted by atomic mass is 32.2. The number of carboxylic acid groups (broad SMARTS) is 1. The van der Waals surface area contributed by atoms with Crippen LogP contribution in [-0.4, -0.2) is 39.4 Å². The number of carbonyl (C=O) groups is 2. The zero-order valence-electron chi connectivity index (χ0n) is 12.1. The van der Waals surface area contributed by atoms with Crippen molar-refractivity contribution in [1.82, 2.24) is 4.90 Å². The van der Waals surface area contributed by atoms with Gasteiger partial charge < -0.3 is 9.84 Å². The summed E-state index contributed by atoms with van der Waals surface area (Å²) in [5, 5.41) is 9.21. The van der Waals surface area contributed by atoms with Crippen LogP contribution < -0.4 is 4.74 Å². The van der Waals surface area contributed by atoms with Gasteiger partial charge in [0.2, 0.25) is 0 Å². The average Bonchev–Trinajstić information content (AvgIpc) is 2.76. The summed E-state index contributed by atoms with van der Waals surface area (Å²) in [5.74, 6) is -0.741. The van der Waals surface area contributed by atoms with Crippen molar-refractivity contribution in [1.29, 1.82) is 0 Å². The molecule has 0 aromatic heterocycles. The molecule has 1 saturated heterocycles. The lowest BCUT2D eigenvalue weighted by molar-refractivity contribution is -0.145. The van der Waals surface area contributed by atoms with Gasteiger partial charge in [0.05, 0.1) is 12.0 Å². The van der Waals surface area contributed by atoms with Crippen LogP contribution in [0.4, 0.5) is 0 Å². The van der Waals surface area contributed by atoms with Crippen molar-refractivity contribution in [3.63, 3.8) is 0 Å². The van der Waals surface area contributed by atoms with Crippen molar-refractivity contribution in [2.75, 3.05) is 7.11 Å². The Bertz CT molecular complexity index is 657. The van der Waals surface area contributed by atoms with E-state index in [1.54, 1.807) is 32.2 Å². The molecule has 1 aromatic carbocycles. The molecule has 22 heavy (non-hydrogen) atoms. The zero-order chi connectivity index (χ0) is 16.3. The van der Waals surface area contributed by atoms with Gasteiger partial charge in [0.25, 0.3) is 5.91 Å². The molecule has 5 nitrogen and oxygen atoms in total. The fourth-order valence-electron chi connectivity index (χ4n) is 2.10. The number of ether oxygens (including phenoxy) is 1. The number of carboxylic acids is 1. The van der Waals surface area contributed by atoms with Crippen LogP contribution in [0.25, 0.3) is 6.08 Å². The molecule has 1 N–H and O–H groups in total. The van der Waals surface area contributed by atoms with E-state index in [-0.39, 0.29) is 10.2 Å². The Morgan fingerprint density at radius 3 is 2.86 bits per heavy atom. The van der Waals surface area contributed by atoms with Crippen LogP contribution in [0, 0.1) is 0 Å². The molecule has 0 radical (unpaired) electrons. The summed E-state index contributed by atoms with van der Waals surface area (Å²) >= 11 is 6.28. The first-order valence-electron chi connectivity index (χ1n) is 6.61. The largest absolute Gasteiger partial charge is 0.497 e. The minimum Gasteiger partial charge on any atom is -0.497 e. The lowest BCUT2D eigenvalue weighted by Crippen LogP contribution is -2.43. The van der Waals surface area contributed by atoms with Gasteiger partial charge >= 0.3 is 5.97 Å². The standard InChI is InChI=1S/C15H15NO4S2/c1-3-11(14(18)19)16-13(17)12(22-15(16)21)8-9-5-4-6-10(7-9)20-2/h4-8,11H,3H2,1-2H3,(H,18,19). The highest BCUT2D eigenvalue weighted by Gasteiger charge is 2.39. The Kier molecular flexibility index (Phi) is 5.20. The lowest BCUT2D eigenvalue weighted by Gasteiger charge is -2.21. The van der Waals surface area contributed by atoms with Crippen molar-refractivity contribution in [3.05, 3.63) is 34.7 Å². The third kappa shape index (κ3) is 3.31. The van der Waals surface area contributed by atoms with E-state index >= 15 is 0 Å². The number of hydrogen-bond donors (Lipinski definition) is 1. The molecule has 0 saturated carbocycles. The zero-order valence-corrected chi connectivity index (χ0v) is 13.7. The van der Waals surface area contributed by atoms with Crippen LogP contribution >= 0.6 is 24.0 Å². The summed E-state index contributed by atoms with van der Waals surface area (Å²) < 4.78 is 5.41. The summed E-state index contributed by atoms with van der Waals surface area (Å²) in [6, 6.07) is 6.33. The SMILES string of the molecule is CCC(C(=O)O)N1C(=O)C(=Cc2cccc(OC)c2)SC1=S. The van der Waals surface area contributed by atoms with Gasteiger partial charge in [-0.15, -0.1) is 0 Å². The number of thioether (sulfide) groups is 1. The predicted octanol–water partition coefficient (Wildman–Crippen LogP) is 2.76. The monoisotopic (exact) mass is 337 g/mol. The molecule has 1 fully saturated rings. The van der Waals surface area contributed by atoms with Gasteiger partial charge in [-0.2, -0.15) is 0 Å². The van der Waals surface area contributed by atoms with Crippen LogP contribution in [0.5, 0.6) is 5.75 Å². The highest BCUT2D eigenvalue weighted by molar-refractivity contribution is 8.26. The number of thiocarbonyl (C=S) groups is 1. The molecule has 1 aliphatic heterocycles. The quantitative estimate of drug-likeness (QED) is 0.658. The summed E-state index contributed by atoms with van der Waals surface area (Å²) in [5.41, 5.74) is 0.795. The third-order valence-corrected chi connectivity index (χ3v) is 4.53. The minimum atomic E-state index is -1.05. The van der Waals surface area contributed by atoms with Crippen molar-refractivity contribution < 1.29 is 19.4 Å². The fraction of sp³-hybridized carbons (Fsp3) is 0.267. The van der Waals surface area contributed by atoms with E-state index in [4.69, 9.17) is 17.0 Å². The number of aliphatic carboxylic acids is 1. The normalized spacial score (nSPS) is 17.9. The van der Waals surface area contributed by atoms with E-state index in [1.807, 2.05) is 12.1 Å². The maximum absolute atomic E-state index is 12.4. The van der Waals surface area contributed by atoms with Crippen LogP contribution in [0.15, 0.2) is 29.2 Å². The van der Waals surface area contributed by atoms with Crippen LogP contribution in [0.2, 0.25) is 0 Å². The summed E-state index contributed by atoms with van der Waals surface area (Å²) in [6.45, 7) is 1.71. The molecule has 2 rings (SSSR count). The van der Waals surface area contributed by atoms with Gasteiger partial charge in [0.15, 0.2) is 0 Å². The molecule has 7 heteroatoms. The van der Waals surface area contributed by atoms with E-state index in [9.17, 15) is 14.7 Å². The second kappa shape index (κ2) is 6.93. The molecule has 1 amide bonds. The van der Waals surface area contributed by atoms with Crippen molar-refractivity contribution in [3.8, 4) is 5.75 Å². The summed E-state index contributed by atoms with van der Waals surface area (Å²) in [6.07, 6.45) is 1.99. The van der Waals surface area contributed by atoms with Gasteiger partial charge in [-0.05, 0) is 30.2 Å². The lowest BCUT2D eigenvalue weighted by atomic mass is 10.1. The number of hydrogen-bond acceptors (Lipinski definition) is 5. The van der Waals surface area contributed by atoms with E-state index in [2.05, 4.69) is 0 Å². The Hall–Kier alpha value is -1.86. The highest BCUT2D eigenvalue weighted by Crippen LogP contribution is 2.34. The van der Waals surface area contributed by atoms with Gasteiger partial charge in [-0.25, -0.2) is 4.79 Å². The van der Waals surface area contributed by atoms with Crippen molar-refractivity contribution >= 4 is 46.3 Å². The van der Waals surface area contributed by atoms with E-state index in [1.165, 1.54) is 4.90 Å². The predicted molar refractivity (Wildman–Crippen MR) is 89.7 cm³/mol. The molecule has 0 spiro atoms. The Balaban J connectivity index is 2.31. The van der Waals surface area contributed by atoms with Crippen LogP contribution in [-0.2, 0) is 9.59 Å². The van der Waals surface area contributed by atoms with Gasteiger partial charge in [0.1, 0.15) is 16.1 Å². The average molecular weight is 337 g/mol. The Morgan fingerprint density at radius 1 is 1.55 bits per heavy atom. The van der Waals surface area contributed by atoms with E-state index in [0.29, 0.717) is 17.1 Å². The van der Waals surface area contributed by atoms with Gasteiger partial charge in [-0.1, -0.05) is 43.0 Å². The molecule has 0 aliphatic carbocycles. The molecule has 1 atom stereocenters. The molecular formula is C15H15NO4S2. The number of nitrogens with zero attached hydrogens (tertiary/aromatic N) is 1. The van der Waals surface area contributed by atoms with E-state index in [0.717, 1.165) is 17.3 Å². The number of benzene rings is 1.